The van der Waals surface area contributed by atoms with Gasteiger partial charge in [-0.3, -0.25) is 0 Å². The van der Waals surface area contributed by atoms with Crippen molar-refractivity contribution >= 4 is 123 Å². The monoisotopic (exact) mass is 1370 g/mol. The molecule has 0 N–H and O–H groups in total. The molecule has 17 aromatic carbocycles. The lowest BCUT2D eigenvalue weighted by Crippen LogP contribution is -2.61. The number of furan rings is 3. The van der Waals surface area contributed by atoms with Gasteiger partial charge in [0.25, 0.3) is 6.71 Å². The third-order valence-electron chi connectivity index (χ3n) is 22.4. The molecule has 6 heteroatoms. The molecule has 22 rings (SSSR count). The second kappa shape index (κ2) is 24.7. The molecule has 502 valence electrons. The van der Waals surface area contributed by atoms with Crippen LogP contribution in [0.15, 0.2) is 395 Å². The van der Waals surface area contributed by atoms with Crippen molar-refractivity contribution in [2.75, 3.05) is 9.80 Å². The number of nitrogens with zero attached hydrogens (tertiary/aromatic N) is 2. The summed E-state index contributed by atoms with van der Waals surface area (Å²) in [4.78, 5) is 5.29. The molecule has 0 fully saturated rings. The summed E-state index contributed by atoms with van der Waals surface area (Å²) in [6.45, 7) is -0.407. The fraction of sp³-hybridized carbons (Fsp3) is 0. The highest BCUT2D eigenvalue weighted by Gasteiger charge is 2.47. The second-order valence-electron chi connectivity index (χ2n) is 28.5. The number of rotatable bonds is 11. The number of fused-ring (bicyclic) bond motifs is 13. The molecule has 0 radical (unpaired) electrons. The fourth-order valence-electron chi connectivity index (χ4n) is 17.5. The SMILES string of the molecule is c1ccc(-c2cccc(-c3cccc(-c4cccc(-c5ccccc5)c4)c3N3c4cc5c(cc4B4c6cc7oc8ccccc8c7cc6N(c6c(-c7cccc(-c8ccccc8)c7)cccc6-c6cccc(-c7ccccc7)c6)c6cc(-c7cccc8c7oc7ccccc78)cc3c64)oc3ccccc35)c2)cc1. The summed E-state index contributed by atoms with van der Waals surface area (Å²) in [7, 11) is 0. The molecule has 108 heavy (non-hydrogen) atoms. The summed E-state index contributed by atoms with van der Waals surface area (Å²) in [5, 5.41) is 6.25. The van der Waals surface area contributed by atoms with Gasteiger partial charge in [0.2, 0.25) is 0 Å². The van der Waals surface area contributed by atoms with Gasteiger partial charge in [-0.2, -0.15) is 0 Å². The van der Waals surface area contributed by atoms with Gasteiger partial charge in [-0.05, 0) is 168 Å². The number of benzene rings is 17. The van der Waals surface area contributed by atoms with E-state index in [2.05, 4.69) is 392 Å². The van der Waals surface area contributed by atoms with Crippen molar-refractivity contribution in [2.24, 2.45) is 0 Å². The topological polar surface area (TPSA) is 45.9 Å². The van der Waals surface area contributed by atoms with Gasteiger partial charge in [-0.1, -0.05) is 303 Å². The maximum atomic E-state index is 7.24. The minimum absolute atomic E-state index is 0.407. The van der Waals surface area contributed by atoms with Crippen LogP contribution in [0, 0.1) is 0 Å². The van der Waals surface area contributed by atoms with Gasteiger partial charge in [0.05, 0.1) is 11.4 Å². The van der Waals surface area contributed by atoms with Crippen LogP contribution in [0.4, 0.5) is 34.1 Å². The molecule has 0 saturated carbocycles. The van der Waals surface area contributed by atoms with Crippen molar-refractivity contribution in [3.05, 3.63) is 382 Å². The number of hydrogen-bond donors (Lipinski definition) is 0. The molecule has 3 aromatic heterocycles. The van der Waals surface area contributed by atoms with Crippen LogP contribution in [0.1, 0.15) is 0 Å². The summed E-state index contributed by atoms with van der Waals surface area (Å²) in [5.41, 5.74) is 34.0. The quantitative estimate of drug-likeness (QED) is 0.121. The Bertz CT molecular complexity index is 6450. The Hall–Kier alpha value is -14.2. The molecule has 2 aliphatic heterocycles. The molecular formula is C102H63BN2O3. The van der Waals surface area contributed by atoms with Crippen molar-refractivity contribution in [3.8, 4) is 100 Å². The lowest BCUT2D eigenvalue weighted by atomic mass is 9.33. The van der Waals surface area contributed by atoms with Gasteiger partial charge in [-0.15, -0.1) is 0 Å². The molecule has 5 nitrogen and oxygen atoms in total. The van der Waals surface area contributed by atoms with Crippen LogP contribution in [-0.4, -0.2) is 6.71 Å². The van der Waals surface area contributed by atoms with E-state index in [-0.39, 0.29) is 0 Å². The first-order valence-corrected chi connectivity index (χ1v) is 37.0. The molecule has 0 atom stereocenters. The average molecular weight is 1380 g/mol. The Morgan fingerprint density at radius 3 is 0.870 bits per heavy atom. The van der Waals surface area contributed by atoms with Gasteiger partial charge in [-0.25, -0.2) is 0 Å². The van der Waals surface area contributed by atoms with Crippen molar-refractivity contribution in [1.82, 2.24) is 0 Å². The molecule has 5 heterocycles. The fourth-order valence-corrected chi connectivity index (χ4v) is 17.5. The highest BCUT2D eigenvalue weighted by atomic mass is 16.3. The smallest absolute Gasteiger partial charge is 0.252 e. The Balaban J connectivity index is 0.925. The summed E-state index contributed by atoms with van der Waals surface area (Å²) in [6.07, 6.45) is 0. The normalized spacial score (nSPS) is 12.4. The summed E-state index contributed by atoms with van der Waals surface area (Å²) in [5.74, 6) is 0. The van der Waals surface area contributed by atoms with E-state index in [9.17, 15) is 0 Å². The van der Waals surface area contributed by atoms with Gasteiger partial charge in [0.1, 0.15) is 33.5 Å². The minimum Gasteiger partial charge on any atom is -0.456 e. The Kier molecular flexibility index (Phi) is 14.0. The van der Waals surface area contributed by atoms with Crippen molar-refractivity contribution in [3.63, 3.8) is 0 Å². The first-order valence-electron chi connectivity index (χ1n) is 37.0. The predicted molar refractivity (Wildman–Crippen MR) is 451 cm³/mol. The van der Waals surface area contributed by atoms with E-state index in [1.807, 2.05) is 0 Å². The Morgan fingerprint density at radius 1 is 0.185 bits per heavy atom. The lowest BCUT2D eigenvalue weighted by Gasteiger charge is -2.46. The summed E-state index contributed by atoms with van der Waals surface area (Å²) >= 11 is 0. The third kappa shape index (κ3) is 9.88. The molecule has 0 aliphatic carbocycles. The zero-order chi connectivity index (χ0) is 70.9. The molecule has 0 unspecified atom stereocenters. The van der Waals surface area contributed by atoms with Crippen LogP contribution in [0.5, 0.6) is 0 Å². The maximum Gasteiger partial charge on any atom is 0.252 e. The summed E-state index contributed by atoms with van der Waals surface area (Å²) < 4.78 is 21.6. The van der Waals surface area contributed by atoms with E-state index in [1.165, 1.54) is 0 Å². The van der Waals surface area contributed by atoms with Crippen LogP contribution in [0.25, 0.3) is 166 Å². The molecule has 2 aliphatic rings. The first kappa shape index (κ1) is 61.3. The van der Waals surface area contributed by atoms with Crippen LogP contribution < -0.4 is 26.2 Å². The molecule has 20 aromatic rings. The van der Waals surface area contributed by atoms with E-state index in [1.54, 1.807) is 0 Å². The van der Waals surface area contributed by atoms with E-state index in [0.29, 0.717) is 0 Å². The van der Waals surface area contributed by atoms with Gasteiger partial charge >= 0.3 is 0 Å². The van der Waals surface area contributed by atoms with E-state index in [4.69, 9.17) is 13.3 Å². The number of para-hydroxylation sites is 6. The minimum atomic E-state index is -0.407. The van der Waals surface area contributed by atoms with Gasteiger partial charge in [0.15, 0.2) is 0 Å². The second-order valence-corrected chi connectivity index (χ2v) is 28.5. The average Bonchev–Trinajstić information content (AvgIpc) is 1.03. The largest absolute Gasteiger partial charge is 0.456 e. The van der Waals surface area contributed by atoms with Crippen LogP contribution in [0.2, 0.25) is 0 Å². The number of anilines is 6. The standard InChI is InChI=1S/C102H63BN2O3/c1-5-26-64(27-6-1)68-34-19-38-72(54-68)77-45-23-46-78(73-39-20-35-69(55-73)65-28-7-2-8-29-65)100(77)104-90-60-86-83-43-14-16-51-94(83)106-97(86)62-88(90)103-89-63-98-87(84-44-15-17-52-95(84)107-98)61-91(89)105(93-59-76(58-92(104)99(93)103)81-49-25-50-85-82-42-13-18-53-96(82)108-102(81)85)101-79(74-40-21-36-70(56-74)66-30-9-3-10-31-66)47-24-48-80(101)75-41-22-37-71(57-75)67-32-11-4-12-33-67/h1-63H. The van der Waals surface area contributed by atoms with Gasteiger partial charge < -0.3 is 23.1 Å². The molecule has 0 amide bonds. The van der Waals surface area contributed by atoms with E-state index < -0.39 is 6.71 Å². The summed E-state index contributed by atoms with van der Waals surface area (Å²) in [6, 6.07) is 140. The molecule has 0 bridgehead atoms. The van der Waals surface area contributed by atoms with Gasteiger partial charge in [0, 0.05) is 82.9 Å². The maximum absolute atomic E-state index is 7.24. The Morgan fingerprint density at radius 2 is 0.481 bits per heavy atom. The number of hydrogen-bond acceptors (Lipinski definition) is 5. The van der Waals surface area contributed by atoms with Crippen molar-refractivity contribution in [2.45, 2.75) is 0 Å². The molecule has 0 saturated heterocycles. The lowest BCUT2D eigenvalue weighted by molar-refractivity contribution is 0.669. The molecular weight excluding hydrogens is 1310 g/mol. The zero-order valence-electron chi connectivity index (χ0n) is 58.6. The third-order valence-corrected chi connectivity index (χ3v) is 22.4. The first-order chi connectivity index (χ1) is 53.5. The van der Waals surface area contributed by atoms with Crippen LogP contribution in [0.3, 0.4) is 0 Å². The highest BCUT2D eigenvalue weighted by Crippen LogP contribution is 2.56. The van der Waals surface area contributed by atoms with Crippen molar-refractivity contribution in [1.29, 1.82) is 0 Å². The molecule has 0 spiro atoms. The highest BCUT2D eigenvalue weighted by molar-refractivity contribution is 7.00. The van der Waals surface area contributed by atoms with E-state index >= 15 is 0 Å². The van der Waals surface area contributed by atoms with E-state index in [0.717, 1.165) is 216 Å². The zero-order valence-corrected chi connectivity index (χ0v) is 58.6. The van der Waals surface area contributed by atoms with Crippen LogP contribution >= 0.6 is 0 Å². The van der Waals surface area contributed by atoms with Crippen molar-refractivity contribution < 1.29 is 13.3 Å². The van der Waals surface area contributed by atoms with Crippen LogP contribution in [-0.2, 0) is 0 Å². The predicted octanol–water partition coefficient (Wildman–Crippen LogP) is 26.5. The Labute approximate surface area is 624 Å².